The molecule has 0 radical (unpaired) electrons. The Kier molecular flexibility index (Phi) is 6.83. The molecule has 1 aromatic carbocycles. The number of hydrogen-bond acceptors (Lipinski definition) is 6. The van der Waals surface area contributed by atoms with Gasteiger partial charge in [-0.3, -0.25) is 5.10 Å². The molecule has 0 amide bonds. The molecule has 1 saturated heterocycles. The first-order valence-electron chi connectivity index (χ1n) is 8.86. The van der Waals surface area contributed by atoms with Gasteiger partial charge < -0.3 is 15.5 Å². The molecule has 2 aromatic heterocycles. The Bertz CT molecular complexity index is 915. The van der Waals surface area contributed by atoms with Crippen molar-refractivity contribution in [2.75, 3.05) is 31.1 Å². The SMILES string of the molecule is Cc1nc(-c2cccc(CN=C(N)N3CCN(c4nccs4)CC3)c2)n[nH]1.I. The fourth-order valence-corrected chi connectivity index (χ4v) is 3.75. The van der Waals surface area contributed by atoms with Crippen molar-refractivity contribution in [3.8, 4) is 11.4 Å². The highest BCUT2D eigenvalue weighted by atomic mass is 127. The molecule has 3 heterocycles. The molecule has 1 aliphatic rings. The van der Waals surface area contributed by atoms with E-state index in [0.29, 0.717) is 18.3 Å². The van der Waals surface area contributed by atoms with Gasteiger partial charge in [0.05, 0.1) is 6.54 Å². The minimum atomic E-state index is 0. The van der Waals surface area contributed by atoms with E-state index < -0.39 is 0 Å². The number of aromatic amines is 1. The third kappa shape index (κ3) is 4.79. The summed E-state index contributed by atoms with van der Waals surface area (Å²) in [5.74, 6) is 2.09. The van der Waals surface area contributed by atoms with Crippen molar-refractivity contribution in [3.05, 3.63) is 47.2 Å². The Morgan fingerprint density at radius 1 is 1.29 bits per heavy atom. The van der Waals surface area contributed by atoms with Gasteiger partial charge in [-0.25, -0.2) is 15.0 Å². The summed E-state index contributed by atoms with van der Waals surface area (Å²) in [4.78, 5) is 17.8. The lowest BCUT2D eigenvalue weighted by Gasteiger charge is -2.35. The van der Waals surface area contributed by atoms with Gasteiger partial charge in [-0.1, -0.05) is 18.2 Å². The predicted molar refractivity (Wildman–Crippen MR) is 123 cm³/mol. The molecule has 0 saturated carbocycles. The summed E-state index contributed by atoms with van der Waals surface area (Å²) in [5.41, 5.74) is 8.29. The van der Waals surface area contributed by atoms with Crippen LogP contribution in [0.25, 0.3) is 11.4 Å². The zero-order chi connectivity index (χ0) is 18.6. The molecule has 3 N–H and O–H groups in total. The third-order valence-corrected chi connectivity index (χ3v) is 5.33. The quantitative estimate of drug-likeness (QED) is 0.318. The fourth-order valence-electron chi connectivity index (χ4n) is 3.05. The monoisotopic (exact) mass is 510 g/mol. The predicted octanol–water partition coefficient (Wildman–Crippen LogP) is 2.49. The standard InChI is InChI=1S/C18H22N8S.HI/c1-13-22-16(24-23-13)15-4-2-3-14(11-15)12-21-17(19)25-6-8-26(9-7-25)18-20-5-10-27-18;/h2-5,10-11H,6-9,12H2,1H3,(H2,19,21)(H,22,23,24);1H. The number of piperazine rings is 1. The van der Waals surface area contributed by atoms with Gasteiger partial charge in [-0.15, -0.1) is 35.3 Å². The van der Waals surface area contributed by atoms with Crippen LogP contribution in [0.5, 0.6) is 0 Å². The van der Waals surface area contributed by atoms with E-state index in [1.807, 2.05) is 36.7 Å². The molecule has 8 nitrogen and oxygen atoms in total. The molecule has 0 atom stereocenters. The van der Waals surface area contributed by atoms with Gasteiger partial charge >= 0.3 is 0 Å². The Labute approximate surface area is 184 Å². The molecule has 0 spiro atoms. The summed E-state index contributed by atoms with van der Waals surface area (Å²) in [5, 5.41) is 10.2. The summed E-state index contributed by atoms with van der Waals surface area (Å²) in [7, 11) is 0. The van der Waals surface area contributed by atoms with E-state index in [0.717, 1.165) is 48.3 Å². The normalized spacial score (nSPS) is 14.8. The van der Waals surface area contributed by atoms with Crippen LogP contribution in [0.4, 0.5) is 5.13 Å². The van der Waals surface area contributed by atoms with E-state index in [4.69, 9.17) is 5.73 Å². The first kappa shape index (κ1) is 20.5. The lowest BCUT2D eigenvalue weighted by molar-refractivity contribution is 0.380. The van der Waals surface area contributed by atoms with E-state index >= 15 is 0 Å². The van der Waals surface area contributed by atoms with Crippen LogP contribution in [0.15, 0.2) is 40.8 Å². The van der Waals surface area contributed by atoms with Gasteiger partial charge in [0.25, 0.3) is 0 Å². The number of guanidine groups is 1. The minimum absolute atomic E-state index is 0. The highest BCUT2D eigenvalue weighted by molar-refractivity contribution is 14.0. The van der Waals surface area contributed by atoms with E-state index in [1.54, 1.807) is 11.3 Å². The first-order valence-corrected chi connectivity index (χ1v) is 9.74. The fraction of sp³-hybridized carbons (Fsp3) is 0.333. The van der Waals surface area contributed by atoms with Crippen molar-refractivity contribution in [1.29, 1.82) is 0 Å². The van der Waals surface area contributed by atoms with Crippen molar-refractivity contribution >= 4 is 46.4 Å². The minimum Gasteiger partial charge on any atom is -0.370 e. The van der Waals surface area contributed by atoms with Crippen molar-refractivity contribution in [2.24, 2.45) is 10.7 Å². The van der Waals surface area contributed by atoms with Gasteiger partial charge in [0, 0.05) is 43.3 Å². The molecule has 3 aromatic rings. The topological polar surface area (TPSA) is 99.3 Å². The van der Waals surface area contributed by atoms with Gasteiger partial charge in [-0.05, 0) is 18.6 Å². The molecular weight excluding hydrogens is 487 g/mol. The van der Waals surface area contributed by atoms with Gasteiger partial charge in [0.15, 0.2) is 16.9 Å². The lowest BCUT2D eigenvalue weighted by Crippen LogP contribution is -2.51. The second kappa shape index (κ2) is 9.32. The maximum Gasteiger partial charge on any atom is 0.191 e. The highest BCUT2D eigenvalue weighted by Gasteiger charge is 2.19. The average Bonchev–Trinajstić information content (AvgIpc) is 3.38. The smallest absolute Gasteiger partial charge is 0.191 e. The van der Waals surface area contributed by atoms with Crippen LogP contribution in [0, 0.1) is 6.92 Å². The van der Waals surface area contributed by atoms with E-state index in [9.17, 15) is 0 Å². The number of aryl methyl sites for hydroxylation is 1. The van der Waals surface area contributed by atoms with Crippen LogP contribution < -0.4 is 10.6 Å². The Hall–Kier alpha value is -2.21. The number of benzene rings is 1. The van der Waals surface area contributed by atoms with Gasteiger partial charge in [0.1, 0.15) is 5.82 Å². The van der Waals surface area contributed by atoms with Crippen LogP contribution >= 0.6 is 35.3 Å². The van der Waals surface area contributed by atoms with E-state index in [-0.39, 0.29) is 24.0 Å². The Morgan fingerprint density at radius 3 is 2.79 bits per heavy atom. The van der Waals surface area contributed by atoms with Crippen LogP contribution in [0.1, 0.15) is 11.4 Å². The zero-order valence-electron chi connectivity index (χ0n) is 15.6. The summed E-state index contributed by atoms with van der Waals surface area (Å²) >= 11 is 1.67. The number of nitrogens with one attached hydrogen (secondary N) is 1. The number of aromatic nitrogens is 4. The molecule has 0 unspecified atom stereocenters. The molecular formula is C18H23IN8S. The number of thiazole rings is 1. The maximum absolute atomic E-state index is 6.23. The van der Waals surface area contributed by atoms with Crippen molar-refractivity contribution < 1.29 is 0 Å². The lowest BCUT2D eigenvalue weighted by atomic mass is 10.1. The Balaban J connectivity index is 0.00000225. The zero-order valence-corrected chi connectivity index (χ0v) is 18.7. The average molecular weight is 510 g/mol. The van der Waals surface area contributed by atoms with Crippen molar-refractivity contribution in [2.45, 2.75) is 13.5 Å². The largest absolute Gasteiger partial charge is 0.370 e. The summed E-state index contributed by atoms with van der Waals surface area (Å²) in [6.45, 7) is 5.94. The van der Waals surface area contributed by atoms with Gasteiger partial charge in [0.2, 0.25) is 0 Å². The number of hydrogen-bond donors (Lipinski definition) is 2. The number of rotatable bonds is 4. The summed E-state index contributed by atoms with van der Waals surface area (Å²) in [6, 6.07) is 8.09. The van der Waals surface area contributed by atoms with E-state index in [2.05, 4.69) is 41.0 Å². The van der Waals surface area contributed by atoms with Crippen LogP contribution in [-0.2, 0) is 6.54 Å². The number of aliphatic imine (C=N–C) groups is 1. The van der Waals surface area contributed by atoms with Crippen LogP contribution in [0.3, 0.4) is 0 Å². The van der Waals surface area contributed by atoms with Crippen molar-refractivity contribution in [1.82, 2.24) is 25.1 Å². The molecule has 4 rings (SSSR count). The Morgan fingerprint density at radius 2 is 2.11 bits per heavy atom. The molecule has 0 aliphatic carbocycles. The molecule has 1 aliphatic heterocycles. The third-order valence-electron chi connectivity index (χ3n) is 4.50. The number of H-pyrrole nitrogens is 1. The molecule has 1 fully saturated rings. The van der Waals surface area contributed by atoms with Crippen LogP contribution in [-0.4, -0.2) is 57.2 Å². The molecule has 0 bridgehead atoms. The van der Waals surface area contributed by atoms with E-state index in [1.165, 1.54) is 0 Å². The van der Waals surface area contributed by atoms with Gasteiger partial charge in [-0.2, -0.15) is 5.10 Å². The second-order valence-electron chi connectivity index (χ2n) is 6.41. The number of anilines is 1. The number of nitrogens with zero attached hydrogens (tertiary/aromatic N) is 6. The summed E-state index contributed by atoms with van der Waals surface area (Å²) < 4.78 is 0. The number of nitrogens with two attached hydrogens (primary N) is 1. The number of halogens is 1. The maximum atomic E-state index is 6.23. The molecule has 10 heteroatoms. The van der Waals surface area contributed by atoms with Crippen molar-refractivity contribution in [3.63, 3.8) is 0 Å². The molecule has 148 valence electrons. The summed E-state index contributed by atoms with van der Waals surface area (Å²) in [6.07, 6.45) is 1.84. The highest BCUT2D eigenvalue weighted by Crippen LogP contribution is 2.19. The first-order chi connectivity index (χ1) is 13.2. The second-order valence-corrected chi connectivity index (χ2v) is 7.28. The van der Waals surface area contributed by atoms with Crippen LogP contribution in [0.2, 0.25) is 0 Å². The molecule has 28 heavy (non-hydrogen) atoms.